The maximum Gasteiger partial charge on any atom is 0.0727 e. The van der Waals surface area contributed by atoms with Crippen LogP contribution in [0.15, 0.2) is 291 Å². The van der Waals surface area contributed by atoms with Gasteiger partial charge in [-0.05, 0) is 138 Å². The highest BCUT2D eigenvalue weighted by Gasteiger charge is 2.52. The first-order valence-corrected chi connectivity index (χ1v) is 25.3. The highest BCUT2D eigenvalue weighted by atomic mass is 15.2. The third-order valence-corrected chi connectivity index (χ3v) is 15.3. The molecule has 0 aromatic heterocycles. The van der Waals surface area contributed by atoms with Crippen LogP contribution in [0.4, 0.5) is 34.1 Å². The Hall–Kier alpha value is -9.50. The van der Waals surface area contributed by atoms with Gasteiger partial charge in [0.25, 0.3) is 0 Å². The SMILES string of the molecule is c1ccc(-c2ccc(-c3c(N(c4ccccc4)c4ccc5c(c4)C4(c6ccccc6-c6ccc(N(c7ccccc7)c7ccccc7-c7ccccc7)cc64)c4ccccc4-5)ccc4ccccc34)cc2)cc1. The summed E-state index contributed by atoms with van der Waals surface area (Å²) in [4.78, 5) is 4.93. The number of para-hydroxylation sites is 3. The largest absolute Gasteiger partial charge is 0.310 e. The van der Waals surface area contributed by atoms with Crippen LogP contribution in [-0.4, -0.2) is 0 Å². The molecule has 0 saturated heterocycles. The first kappa shape index (κ1) is 42.4. The summed E-state index contributed by atoms with van der Waals surface area (Å²) >= 11 is 0. The normalized spacial score (nSPS) is 13.8. The van der Waals surface area contributed by atoms with E-state index in [1.54, 1.807) is 0 Å². The molecule has 2 aliphatic carbocycles. The molecule has 0 amide bonds. The van der Waals surface area contributed by atoms with Gasteiger partial charge in [0.2, 0.25) is 0 Å². The van der Waals surface area contributed by atoms with E-state index in [0.717, 1.165) is 34.1 Å². The molecule has 14 rings (SSSR count). The fourth-order valence-corrected chi connectivity index (χ4v) is 12.1. The van der Waals surface area contributed by atoms with Gasteiger partial charge in [-0.15, -0.1) is 0 Å². The molecule has 0 saturated carbocycles. The summed E-state index contributed by atoms with van der Waals surface area (Å²) in [6, 6.07) is 107. The van der Waals surface area contributed by atoms with Crippen LogP contribution in [0.1, 0.15) is 22.3 Å². The van der Waals surface area contributed by atoms with Gasteiger partial charge < -0.3 is 9.80 Å². The number of hydrogen-bond donors (Lipinski definition) is 0. The second-order valence-electron chi connectivity index (χ2n) is 19.2. The number of fused-ring (bicyclic) bond motifs is 11. The van der Waals surface area contributed by atoms with E-state index in [1.165, 1.54) is 88.7 Å². The topological polar surface area (TPSA) is 6.48 Å². The molecule has 12 aromatic carbocycles. The van der Waals surface area contributed by atoms with Crippen LogP contribution < -0.4 is 9.80 Å². The van der Waals surface area contributed by atoms with Crippen molar-refractivity contribution in [2.45, 2.75) is 5.41 Å². The predicted molar refractivity (Wildman–Crippen MR) is 306 cm³/mol. The molecule has 0 heterocycles. The molecule has 0 radical (unpaired) electrons. The number of anilines is 6. The number of hydrogen-bond acceptors (Lipinski definition) is 2. The average Bonchev–Trinajstić information content (AvgIpc) is 3.94. The zero-order valence-corrected chi connectivity index (χ0v) is 40.1. The van der Waals surface area contributed by atoms with Crippen molar-refractivity contribution in [3.8, 4) is 55.6 Å². The van der Waals surface area contributed by atoms with E-state index in [0.29, 0.717) is 0 Å². The van der Waals surface area contributed by atoms with Gasteiger partial charge in [0.15, 0.2) is 0 Å². The Morgan fingerprint density at radius 1 is 0.233 bits per heavy atom. The molecular weight excluding hydrogens is 881 g/mol. The summed E-state index contributed by atoms with van der Waals surface area (Å²) < 4.78 is 0. The monoisotopic (exact) mass is 928 g/mol. The van der Waals surface area contributed by atoms with Gasteiger partial charge in [-0.1, -0.05) is 231 Å². The van der Waals surface area contributed by atoms with Crippen molar-refractivity contribution in [1.82, 2.24) is 0 Å². The third-order valence-electron chi connectivity index (χ3n) is 15.3. The first-order chi connectivity index (χ1) is 36.2. The zero-order chi connectivity index (χ0) is 48.3. The molecule has 12 aromatic rings. The third kappa shape index (κ3) is 6.79. The van der Waals surface area contributed by atoms with Crippen molar-refractivity contribution in [1.29, 1.82) is 0 Å². The molecule has 1 spiro atoms. The molecule has 0 aliphatic heterocycles. The zero-order valence-electron chi connectivity index (χ0n) is 40.1. The summed E-state index contributed by atoms with van der Waals surface area (Å²) in [6.07, 6.45) is 0. The van der Waals surface area contributed by atoms with Gasteiger partial charge in [-0.25, -0.2) is 0 Å². The lowest BCUT2D eigenvalue weighted by Crippen LogP contribution is -2.26. The Morgan fingerprint density at radius 2 is 0.658 bits per heavy atom. The maximum absolute atomic E-state index is 2.51. The first-order valence-electron chi connectivity index (χ1n) is 25.3. The summed E-state index contributed by atoms with van der Waals surface area (Å²) in [5, 5.41) is 2.41. The van der Waals surface area contributed by atoms with Crippen molar-refractivity contribution in [2.24, 2.45) is 0 Å². The average molecular weight is 929 g/mol. The van der Waals surface area contributed by atoms with E-state index in [9.17, 15) is 0 Å². The van der Waals surface area contributed by atoms with Crippen LogP contribution in [0.25, 0.3) is 66.4 Å². The molecule has 0 bridgehead atoms. The van der Waals surface area contributed by atoms with Gasteiger partial charge in [-0.3, -0.25) is 0 Å². The van der Waals surface area contributed by atoms with Gasteiger partial charge in [0.1, 0.15) is 0 Å². The Bertz CT molecular complexity index is 4000. The van der Waals surface area contributed by atoms with E-state index in [2.05, 4.69) is 301 Å². The van der Waals surface area contributed by atoms with Crippen LogP contribution in [0.5, 0.6) is 0 Å². The van der Waals surface area contributed by atoms with E-state index in [-0.39, 0.29) is 0 Å². The van der Waals surface area contributed by atoms with Crippen LogP contribution >= 0.6 is 0 Å². The smallest absolute Gasteiger partial charge is 0.0727 e. The molecule has 2 aliphatic rings. The molecule has 342 valence electrons. The van der Waals surface area contributed by atoms with Gasteiger partial charge >= 0.3 is 0 Å². The lowest BCUT2D eigenvalue weighted by atomic mass is 9.70. The molecule has 1 unspecified atom stereocenters. The van der Waals surface area contributed by atoms with Crippen molar-refractivity contribution >= 4 is 44.9 Å². The Balaban J connectivity index is 1.01. The Morgan fingerprint density at radius 3 is 1.25 bits per heavy atom. The second kappa shape index (κ2) is 17.4. The molecular formula is C71H48N2. The van der Waals surface area contributed by atoms with E-state index in [1.807, 2.05) is 0 Å². The minimum atomic E-state index is -0.618. The molecule has 0 fully saturated rings. The maximum atomic E-state index is 2.51. The van der Waals surface area contributed by atoms with E-state index >= 15 is 0 Å². The Labute approximate surface area is 427 Å². The minimum absolute atomic E-state index is 0.618. The molecule has 0 N–H and O–H groups in total. The minimum Gasteiger partial charge on any atom is -0.310 e. The highest BCUT2D eigenvalue weighted by molar-refractivity contribution is 6.06. The van der Waals surface area contributed by atoms with Crippen LogP contribution in [0.2, 0.25) is 0 Å². The summed E-state index contributed by atoms with van der Waals surface area (Å²) in [7, 11) is 0. The molecule has 2 nitrogen and oxygen atoms in total. The summed E-state index contributed by atoms with van der Waals surface area (Å²) in [6.45, 7) is 0. The van der Waals surface area contributed by atoms with Crippen molar-refractivity contribution in [2.75, 3.05) is 9.80 Å². The van der Waals surface area contributed by atoms with E-state index in [4.69, 9.17) is 0 Å². The summed E-state index contributed by atoms with van der Waals surface area (Å²) in [5.41, 5.74) is 23.3. The standard InChI is InChI=1S/C71H48N2/c1-5-21-49(22-6-1)50-37-39-53(40-38-50)70-59-31-14-13-25-52(59)41-46-69(70)73(55-28-11-4-12-29-55)57-43-45-63-61-33-16-19-35-65(61)71(67(63)48-57)64-34-18-15-32-60(64)62-44-42-56(47-66(62)71)72(54-26-9-3-10-27-54)68-36-20-17-30-58(68)51-23-7-2-8-24-51/h1-48H. The van der Waals surface area contributed by atoms with Crippen LogP contribution in [0.3, 0.4) is 0 Å². The number of nitrogens with zero attached hydrogens (tertiary/aromatic N) is 2. The fourth-order valence-electron chi connectivity index (χ4n) is 12.1. The molecule has 2 heteroatoms. The summed E-state index contributed by atoms with van der Waals surface area (Å²) in [5.74, 6) is 0. The van der Waals surface area contributed by atoms with Gasteiger partial charge in [-0.2, -0.15) is 0 Å². The lowest BCUT2D eigenvalue weighted by molar-refractivity contribution is 0.793. The predicted octanol–water partition coefficient (Wildman–Crippen LogP) is 19.1. The van der Waals surface area contributed by atoms with Crippen LogP contribution in [-0.2, 0) is 5.41 Å². The second-order valence-corrected chi connectivity index (χ2v) is 19.2. The highest BCUT2D eigenvalue weighted by Crippen LogP contribution is 2.64. The Kier molecular flexibility index (Phi) is 10.1. The molecule has 73 heavy (non-hydrogen) atoms. The quantitative estimate of drug-likeness (QED) is 0.142. The fraction of sp³-hybridized carbons (Fsp3) is 0.0141. The molecule has 1 atom stereocenters. The number of benzene rings is 12. The van der Waals surface area contributed by atoms with Gasteiger partial charge in [0.05, 0.1) is 16.8 Å². The van der Waals surface area contributed by atoms with Crippen molar-refractivity contribution in [3.05, 3.63) is 313 Å². The van der Waals surface area contributed by atoms with Crippen LogP contribution in [0, 0.1) is 0 Å². The lowest BCUT2D eigenvalue weighted by Gasteiger charge is -2.34. The van der Waals surface area contributed by atoms with E-state index < -0.39 is 5.41 Å². The van der Waals surface area contributed by atoms with Crippen molar-refractivity contribution < 1.29 is 0 Å². The van der Waals surface area contributed by atoms with Gasteiger partial charge in [0, 0.05) is 33.9 Å². The number of rotatable bonds is 9. The van der Waals surface area contributed by atoms with Crippen molar-refractivity contribution in [3.63, 3.8) is 0 Å².